The minimum Gasteiger partial charge on any atom is -0.341 e. The lowest BCUT2D eigenvalue weighted by molar-refractivity contribution is -0.135. The molecule has 1 aromatic rings. The van der Waals surface area contributed by atoms with Crippen LogP contribution < -0.4 is 0 Å². The molecule has 2 aliphatic rings. The van der Waals surface area contributed by atoms with Crippen molar-refractivity contribution in [3.63, 3.8) is 0 Å². The monoisotopic (exact) mass is 314 g/mol. The maximum Gasteiger partial charge on any atom is 0.236 e. The van der Waals surface area contributed by atoms with Crippen molar-refractivity contribution in [1.82, 2.24) is 9.80 Å². The van der Waals surface area contributed by atoms with Crippen molar-refractivity contribution in [2.24, 2.45) is 11.8 Å². The average Bonchev–Trinajstić information content (AvgIpc) is 2.94. The third-order valence-electron chi connectivity index (χ3n) is 5.37. The molecule has 0 bridgehead atoms. The number of carbonyl (C=O) groups excluding carboxylic acids is 1. The molecule has 0 radical (unpaired) electrons. The van der Waals surface area contributed by atoms with Crippen LogP contribution >= 0.6 is 0 Å². The number of carbonyl (C=O) groups is 1. The van der Waals surface area contributed by atoms with E-state index in [1.54, 1.807) is 0 Å². The van der Waals surface area contributed by atoms with E-state index in [-0.39, 0.29) is 0 Å². The molecule has 2 fully saturated rings. The first-order chi connectivity index (χ1) is 11.1. The van der Waals surface area contributed by atoms with Gasteiger partial charge in [-0.1, -0.05) is 44.2 Å². The zero-order chi connectivity index (χ0) is 16.2. The second-order valence-electron chi connectivity index (χ2n) is 7.70. The summed E-state index contributed by atoms with van der Waals surface area (Å²) in [6.07, 6.45) is 4.76. The summed E-state index contributed by atoms with van der Waals surface area (Å²) in [4.78, 5) is 17.3. The predicted molar refractivity (Wildman–Crippen MR) is 94.3 cm³/mol. The summed E-state index contributed by atoms with van der Waals surface area (Å²) in [6, 6.07) is 11.2. The fourth-order valence-electron chi connectivity index (χ4n) is 4.36. The summed E-state index contributed by atoms with van der Waals surface area (Å²) >= 11 is 0. The van der Waals surface area contributed by atoms with Crippen molar-refractivity contribution in [3.8, 4) is 0 Å². The standard InChI is InChI=1S/C20H30N2O/c1-16-11-17(2)14-22(13-16)20(23)15-21-10-6-9-19(21)12-18-7-4-3-5-8-18/h3-5,7-8,16-17,19H,6,9-15H2,1-2H3/t16-,17-,19-/m1/s1. The Bertz CT molecular complexity index is 506. The highest BCUT2D eigenvalue weighted by Crippen LogP contribution is 2.24. The van der Waals surface area contributed by atoms with E-state index in [0.29, 0.717) is 30.3 Å². The third kappa shape index (κ3) is 4.35. The normalized spacial score (nSPS) is 29.0. The van der Waals surface area contributed by atoms with Crippen LogP contribution in [0.3, 0.4) is 0 Å². The molecule has 3 heteroatoms. The largest absolute Gasteiger partial charge is 0.341 e. The highest BCUT2D eigenvalue weighted by atomic mass is 16.2. The van der Waals surface area contributed by atoms with Gasteiger partial charge in [-0.05, 0) is 49.6 Å². The van der Waals surface area contributed by atoms with Crippen LogP contribution in [0.4, 0.5) is 0 Å². The first-order valence-electron chi connectivity index (χ1n) is 9.17. The molecule has 23 heavy (non-hydrogen) atoms. The zero-order valence-corrected chi connectivity index (χ0v) is 14.6. The average molecular weight is 314 g/mol. The number of piperidine rings is 1. The van der Waals surface area contributed by atoms with E-state index >= 15 is 0 Å². The van der Waals surface area contributed by atoms with Crippen molar-refractivity contribution >= 4 is 5.91 Å². The molecule has 2 aliphatic heterocycles. The van der Waals surface area contributed by atoms with Crippen LogP contribution in [-0.2, 0) is 11.2 Å². The lowest BCUT2D eigenvalue weighted by Gasteiger charge is -2.36. The number of amides is 1. The van der Waals surface area contributed by atoms with E-state index in [9.17, 15) is 4.79 Å². The lowest BCUT2D eigenvalue weighted by atomic mass is 9.92. The van der Waals surface area contributed by atoms with E-state index in [2.05, 4.69) is 54.0 Å². The summed E-state index contributed by atoms with van der Waals surface area (Å²) in [5, 5.41) is 0. The van der Waals surface area contributed by atoms with E-state index in [1.807, 2.05) is 0 Å². The molecule has 0 aliphatic carbocycles. The van der Waals surface area contributed by atoms with Gasteiger partial charge in [0.15, 0.2) is 0 Å². The van der Waals surface area contributed by atoms with Crippen LogP contribution in [0.5, 0.6) is 0 Å². The van der Waals surface area contributed by atoms with E-state index in [4.69, 9.17) is 0 Å². The van der Waals surface area contributed by atoms with Crippen LogP contribution in [0.2, 0.25) is 0 Å². The minimum atomic E-state index is 0.336. The van der Waals surface area contributed by atoms with Gasteiger partial charge in [0, 0.05) is 19.1 Å². The van der Waals surface area contributed by atoms with Gasteiger partial charge in [0.25, 0.3) is 0 Å². The minimum absolute atomic E-state index is 0.336. The zero-order valence-electron chi connectivity index (χ0n) is 14.6. The fourth-order valence-corrected chi connectivity index (χ4v) is 4.36. The Morgan fingerprint density at radius 3 is 2.52 bits per heavy atom. The van der Waals surface area contributed by atoms with Crippen LogP contribution in [-0.4, -0.2) is 47.9 Å². The van der Waals surface area contributed by atoms with Crippen molar-refractivity contribution < 1.29 is 4.79 Å². The molecule has 0 saturated carbocycles. The van der Waals surface area contributed by atoms with E-state index in [0.717, 1.165) is 26.1 Å². The molecule has 2 heterocycles. The number of benzene rings is 1. The maximum atomic E-state index is 12.7. The molecule has 1 amide bonds. The Balaban J connectivity index is 1.56. The van der Waals surface area contributed by atoms with Gasteiger partial charge in [-0.25, -0.2) is 0 Å². The van der Waals surface area contributed by atoms with E-state index < -0.39 is 0 Å². The molecular formula is C20H30N2O. The molecule has 2 saturated heterocycles. The SMILES string of the molecule is C[C@@H]1C[C@@H](C)CN(C(=O)CN2CCC[C@@H]2Cc2ccccc2)C1. The van der Waals surface area contributed by atoms with Crippen molar-refractivity contribution in [2.45, 2.75) is 45.6 Å². The predicted octanol–water partition coefficient (Wildman–Crippen LogP) is 3.20. The lowest BCUT2D eigenvalue weighted by Crippen LogP contribution is -2.48. The Hall–Kier alpha value is -1.35. The Morgan fingerprint density at radius 1 is 1.13 bits per heavy atom. The molecule has 0 unspecified atom stereocenters. The van der Waals surface area contributed by atoms with Crippen molar-refractivity contribution in [1.29, 1.82) is 0 Å². The summed E-state index contributed by atoms with van der Waals surface area (Å²) in [5.74, 6) is 1.62. The van der Waals surface area contributed by atoms with Gasteiger partial charge >= 0.3 is 0 Å². The third-order valence-corrected chi connectivity index (χ3v) is 5.37. The molecule has 126 valence electrons. The van der Waals surface area contributed by atoms with Crippen LogP contribution in [0.1, 0.15) is 38.7 Å². The van der Waals surface area contributed by atoms with Gasteiger partial charge in [-0.15, -0.1) is 0 Å². The molecule has 0 aromatic heterocycles. The quantitative estimate of drug-likeness (QED) is 0.852. The Labute approximate surface area is 140 Å². The second kappa shape index (κ2) is 7.48. The van der Waals surface area contributed by atoms with Crippen molar-refractivity contribution in [3.05, 3.63) is 35.9 Å². The highest BCUT2D eigenvalue weighted by Gasteiger charge is 2.30. The summed E-state index contributed by atoms with van der Waals surface area (Å²) < 4.78 is 0. The molecule has 3 rings (SSSR count). The smallest absolute Gasteiger partial charge is 0.236 e. The highest BCUT2D eigenvalue weighted by molar-refractivity contribution is 5.78. The summed E-state index contributed by atoms with van der Waals surface area (Å²) in [7, 11) is 0. The van der Waals surface area contributed by atoms with Gasteiger partial charge in [0.1, 0.15) is 0 Å². The van der Waals surface area contributed by atoms with Gasteiger partial charge in [0.2, 0.25) is 5.91 Å². The van der Waals surface area contributed by atoms with Gasteiger partial charge in [-0.3, -0.25) is 9.69 Å². The summed E-state index contributed by atoms with van der Waals surface area (Å²) in [5.41, 5.74) is 1.39. The van der Waals surface area contributed by atoms with Crippen LogP contribution in [0, 0.1) is 11.8 Å². The topological polar surface area (TPSA) is 23.6 Å². The van der Waals surface area contributed by atoms with E-state index in [1.165, 1.54) is 24.8 Å². The fraction of sp³-hybridized carbons (Fsp3) is 0.650. The van der Waals surface area contributed by atoms with Gasteiger partial charge in [-0.2, -0.15) is 0 Å². The van der Waals surface area contributed by atoms with Gasteiger partial charge in [0.05, 0.1) is 6.54 Å². The first kappa shape index (κ1) is 16.5. The first-order valence-corrected chi connectivity index (χ1v) is 9.17. The van der Waals surface area contributed by atoms with Crippen LogP contribution in [0.15, 0.2) is 30.3 Å². The number of nitrogens with zero attached hydrogens (tertiary/aromatic N) is 2. The molecular weight excluding hydrogens is 284 g/mol. The second-order valence-corrected chi connectivity index (χ2v) is 7.70. The molecule has 3 nitrogen and oxygen atoms in total. The molecule has 0 N–H and O–H groups in total. The maximum absolute atomic E-state index is 12.7. The number of hydrogen-bond acceptors (Lipinski definition) is 2. The number of hydrogen-bond donors (Lipinski definition) is 0. The number of likely N-dealkylation sites (tertiary alicyclic amines) is 2. The molecule has 1 aromatic carbocycles. The van der Waals surface area contributed by atoms with Crippen molar-refractivity contribution in [2.75, 3.05) is 26.2 Å². The summed E-state index contributed by atoms with van der Waals surface area (Å²) in [6.45, 7) is 8.11. The Kier molecular flexibility index (Phi) is 5.37. The Morgan fingerprint density at radius 2 is 1.83 bits per heavy atom. The van der Waals surface area contributed by atoms with Crippen LogP contribution in [0.25, 0.3) is 0 Å². The van der Waals surface area contributed by atoms with Gasteiger partial charge < -0.3 is 4.90 Å². The molecule has 3 atom stereocenters. The number of rotatable bonds is 4. The molecule has 0 spiro atoms.